The summed E-state index contributed by atoms with van der Waals surface area (Å²) >= 11 is 5.13. The Bertz CT molecular complexity index is 809. The molecule has 0 saturated heterocycles. The van der Waals surface area contributed by atoms with Crippen LogP contribution in [-0.2, 0) is 6.54 Å². The second-order valence-electron chi connectivity index (χ2n) is 4.56. The van der Waals surface area contributed by atoms with Gasteiger partial charge in [-0.3, -0.25) is 5.10 Å². The van der Waals surface area contributed by atoms with Crippen molar-refractivity contribution < 1.29 is 4.74 Å². The molecule has 0 aliphatic heterocycles. The number of hydrogen-bond donors (Lipinski definition) is 2. The molecule has 0 aliphatic carbocycles. The van der Waals surface area contributed by atoms with Crippen molar-refractivity contribution in [2.75, 3.05) is 12.0 Å². The van der Waals surface area contributed by atoms with Crippen molar-refractivity contribution in [1.29, 1.82) is 0 Å². The van der Waals surface area contributed by atoms with Gasteiger partial charge in [-0.1, -0.05) is 30.3 Å². The van der Waals surface area contributed by atoms with Crippen molar-refractivity contribution in [3.05, 3.63) is 53.1 Å². The Hall–Kier alpha value is -2.34. The highest BCUT2D eigenvalue weighted by Gasteiger charge is 2.08. The van der Waals surface area contributed by atoms with E-state index in [-0.39, 0.29) is 0 Å². The molecule has 0 bridgehead atoms. The number of rotatable bonds is 5. The summed E-state index contributed by atoms with van der Waals surface area (Å²) in [5.41, 5.74) is 4.35. The third-order valence-electron chi connectivity index (χ3n) is 3.28. The highest BCUT2D eigenvalue weighted by molar-refractivity contribution is 7.71. The van der Waals surface area contributed by atoms with E-state index in [0.717, 1.165) is 11.3 Å². The Balaban J connectivity index is 1.99. The van der Waals surface area contributed by atoms with Crippen LogP contribution >= 0.6 is 12.2 Å². The van der Waals surface area contributed by atoms with Gasteiger partial charge in [-0.2, -0.15) is 5.10 Å². The molecular weight excluding hydrogens is 284 g/mol. The highest BCUT2D eigenvalue weighted by atomic mass is 32.1. The number of hydrogen-bond acceptors (Lipinski definition) is 4. The van der Waals surface area contributed by atoms with Crippen LogP contribution in [0, 0.1) is 4.77 Å². The lowest BCUT2D eigenvalue weighted by Crippen LogP contribution is -2.14. The molecule has 3 aromatic rings. The van der Waals surface area contributed by atoms with E-state index in [0.29, 0.717) is 17.9 Å². The highest BCUT2D eigenvalue weighted by Crippen LogP contribution is 2.28. The Labute approximate surface area is 127 Å². The van der Waals surface area contributed by atoms with Crippen LogP contribution in [0.4, 0.5) is 0 Å². The maximum absolute atomic E-state index is 5.75. The van der Waals surface area contributed by atoms with Crippen LogP contribution in [0.1, 0.15) is 12.5 Å². The molecule has 0 radical (unpaired) electrons. The first-order valence-corrected chi connectivity index (χ1v) is 7.19. The molecule has 0 fully saturated rings. The second kappa shape index (κ2) is 5.97. The van der Waals surface area contributed by atoms with Gasteiger partial charge < -0.3 is 10.2 Å². The minimum atomic E-state index is 0.535. The van der Waals surface area contributed by atoms with Crippen molar-refractivity contribution in [1.82, 2.24) is 14.9 Å². The van der Waals surface area contributed by atoms with E-state index < -0.39 is 0 Å². The zero-order chi connectivity index (χ0) is 14.7. The molecule has 0 spiro atoms. The standard InChI is InChI=1S/C15H16N4OS/c1-2-20-14-8-7-11-5-3-4-6-12(11)13(14)9-17-19-10-16-18-15(19)21/h3-8,10,17H,2,9H2,1H3,(H,18,21). The van der Waals surface area contributed by atoms with Crippen LogP contribution in [0.25, 0.3) is 10.8 Å². The summed E-state index contributed by atoms with van der Waals surface area (Å²) < 4.78 is 7.97. The van der Waals surface area contributed by atoms with Crippen LogP contribution in [0.15, 0.2) is 42.7 Å². The van der Waals surface area contributed by atoms with Crippen LogP contribution in [0.2, 0.25) is 0 Å². The predicted molar refractivity (Wildman–Crippen MR) is 85.6 cm³/mol. The SMILES string of the molecule is CCOc1ccc2ccccc2c1CNn1cn[nH]c1=S. The van der Waals surface area contributed by atoms with Crippen molar-refractivity contribution in [2.45, 2.75) is 13.5 Å². The minimum absolute atomic E-state index is 0.535. The monoisotopic (exact) mass is 300 g/mol. The largest absolute Gasteiger partial charge is 0.494 e. The first kappa shape index (κ1) is 13.6. The smallest absolute Gasteiger partial charge is 0.214 e. The summed E-state index contributed by atoms with van der Waals surface area (Å²) in [6, 6.07) is 12.4. The quantitative estimate of drug-likeness (QED) is 0.710. The van der Waals surface area contributed by atoms with Crippen molar-refractivity contribution >= 4 is 23.0 Å². The van der Waals surface area contributed by atoms with Crippen LogP contribution in [0.3, 0.4) is 0 Å². The molecule has 21 heavy (non-hydrogen) atoms. The molecule has 5 nitrogen and oxygen atoms in total. The Kier molecular flexibility index (Phi) is 3.87. The van der Waals surface area contributed by atoms with E-state index in [4.69, 9.17) is 17.0 Å². The number of H-pyrrole nitrogens is 1. The van der Waals surface area contributed by atoms with Crippen LogP contribution in [0.5, 0.6) is 5.75 Å². The third-order valence-corrected chi connectivity index (χ3v) is 3.56. The molecule has 1 aromatic heterocycles. The van der Waals surface area contributed by atoms with E-state index in [1.54, 1.807) is 11.0 Å². The zero-order valence-corrected chi connectivity index (χ0v) is 12.5. The normalized spacial score (nSPS) is 10.7. The summed E-state index contributed by atoms with van der Waals surface area (Å²) in [5.74, 6) is 0.888. The summed E-state index contributed by atoms with van der Waals surface area (Å²) in [6.45, 7) is 3.22. The molecular formula is C15H16N4OS. The summed E-state index contributed by atoms with van der Waals surface area (Å²) in [6.07, 6.45) is 1.62. The second-order valence-corrected chi connectivity index (χ2v) is 4.95. The number of ether oxygens (including phenoxy) is 1. The predicted octanol–water partition coefficient (Wildman–Crippen LogP) is 3.24. The number of nitrogens with one attached hydrogen (secondary N) is 2. The van der Waals surface area contributed by atoms with Gasteiger partial charge in [0.15, 0.2) is 0 Å². The van der Waals surface area contributed by atoms with Gasteiger partial charge in [-0.25, -0.2) is 4.68 Å². The lowest BCUT2D eigenvalue weighted by atomic mass is 10.0. The fourth-order valence-corrected chi connectivity index (χ4v) is 2.48. The zero-order valence-electron chi connectivity index (χ0n) is 11.7. The average molecular weight is 300 g/mol. The molecule has 0 amide bonds. The van der Waals surface area contributed by atoms with Gasteiger partial charge in [0.05, 0.1) is 13.2 Å². The first-order chi connectivity index (χ1) is 10.3. The van der Waals surface area contributed by atoms with Gasteiger partial charge in [-0.15, -0.1) is 0 Å². The van der Waals surface area contributed by atoms with E-state index in [1.807, 2.05) is 25.1 Å². The van der Waals surface area contributed by atoms with Crippen LogP contribution in [-0.4, -0.2) is 21.5 Å². The molecule has 3 rings (SSSR count). The maximum atomic E-state index is 5.75. The lowest BCUT2D eigenvalue weighted by Gasteiger charge is -2.14. The lowest BCUT2D eigenvalue weighted by molar-refractivity contribution is 0.337. The van der Waals surface area contributed by atoms with E-state index in [9.17, 15) is 0 Å². The molecule has 2 aromatic carbocycles. The molecule has 1 heterocycles. The number of aromatic amines is 1. The van der Waals surface area contributed by atoms with Gasteiger partial charge in [0.2, 0.25) is 4.77 Å². The molecule has 6 heteroatoms. The third kappa shape index (κ3) is 2.75. The van der Waals surface area contributed by atoms with Gasteiger partial charge in [0.25, 0.3) is 0 Å². The Morgan fingerprint density at radius 1 is 1.29 bits per heavy atom. The fourth-order valence-electron chi connectivity index (χ4n) is 2.31. The minimum Gasteiger partial charge on any atom is -0.494 e. The number of nitrogens with zero attached hydrogens (tertiary/aromatic N) is 2. The van der Waals surface area contributed by atoms with Gasteiger partial charge in [-0.05, 0) is 36.0 Å². The molecule has 2 N–H and O–H groups in total. The summed E-state index contributed by atoms with van der Waals surface area (Å²) in [4.78, 5) is 0. The maximum Gasteiger partial charge on any atom is 0.214 e. The van der Waals surface area contributed by atoms with Gasteiger partial charge in [0, 0.05) is 5.56 Å². The van der Waals surface area contributed by atoms with Gasteiger partial charge >= 0.3 is 0 Å². The van der Waals surface area contributed by atoms with Crippen molar-refractivity contribution in [3.8, 4) is 5.75 Å². The molecule has 0 atom stereocenters. The van der Waals surface area contributed by atoms with E-state index in [2.05, 4.69) is 33.8 Å². The average Bonchev–Trinajstić information content (AvgIpc) is 2.91. The van der Waals surface area contributed by atoms with E-state index in [1.165, 1.54) is 10.8 Å². The van der Waals surface area contributed by atoms with Crippen molar-refractivity contribution in [2.24, 2.45) is 0 Å². The van der Waals surface area contributed by atoms with Crippen LogP contribution < -0.4 is 10.2 Å². The molecule has 0 saturated carbocycles. The number of aromatic nitrogens is 3. The number of benzene rings is 2. The number of fused-ring (bicyclic) bond motifs is 1. The Morgan fingerprint density at radius 3 is 2.90 bits per heavy atom. The summed E-state index contributed by atoms with van der Waals surface area (Å²) in [5, 5.41) is 8.97. The Morgan fingerprint density at radius 2 is 2.14 bits per heavy atom. The first-order valence-electron chi connectivity index (χ1n) is 6.79. The van der Waals surface area contributed by atoms with Gasteiger partial charge in [0.1, 0.15) is 12.1 Å². The molecule has 0 unspecified atom stereocenters. The van der Waals surface area contributed by atoms with Crippen molar-refractivity contribution in [3.63, 3.8) is 0 Å². The molecule has 108 valence electrons. The van der Waals surface area contributed by atoms with E-state index >= 15 is 0 Å². The fraction of sp³-hybridized carbons (Fsp3) is 0.200. The summed E-state index contributed by atoms with van der Waals surface area (Å²) in [7, 11) is 0. The molecule has 0 aliphatic rings. The topological polar surface area (TPSA) is 54.9 Å².